The van der Waals surface area contributed by atoms with E-state index >= 15 is 0 Å². The lowest BCUT2D eigenvalue weighted by Gasteiger charge is -2.34. The van der Waals surface area contributed by atoms with Gasteiger partial charge in [-0.05, 0) is 37.3 Å². The molecule has 112 valence electrons. The molecule has 2 aliphatic heterocycles. The Morgan fingerprint density at radius 3 is 2.59 bits per heavy atom. The summed E-state index contributed by atoms with van der Waals surface area (Å²) < 4.78 is 0. The summed E-state index contributed by atoms with van der Waals surface area (Å²) in [5.74, 6) is 0.842. The van der Waals surface area contributed by atoms with Crippen LogP contribution in [-0.4, -0.2) is 27.0 Å². The van der Waals surface area contributed by atoms with Crippen LogP contribution in [0.15, 0.2) is 48.8 Å². The lowest BCUT2D eigenvalue weighted by Crippen LogP contribution is -2.37. The van der Waals surface area contributed by atoms with E-state index in [4.69, 9.17) is 0 Å². The number of fused-ring (bicyclic) bond motifs is 2. The van der Waals surface area contributed by atoms with Gasteiger partial charge >= 0.3 is 0 Å². The van der Waals surface area contributed by atoms with Crippen LogP contribution in [0.2, 0.25) is 0 Å². The Hall–Kier alpha value is -2.00. The zero-order valence-corrected chi connectivity index (χ0v) is 12.9. The molecule has 2 aromatic rings. The van der Waals surface area contributed by atoms with Crippen LogP contribution in [0.1, 0.15) is 36.2 Å². The second-order valence-corrected chi connectivity index (χ2v) is 6.37. The van der Waals surface area contributed by atoms with Gasteiger partial charge in [0, 0.05) is 36.6 Å². The highest BCUT2D eigenvalue weighted by Crippen LogP contribution is 2.39. The molecule has 0 saturated carbocycles. The van der Waals surface area contributed by atoms with Gasteiger partial charge in [-0.2, -0.15) is 0 Å². The monoisotopic (exact) mass is 291 g/mol. The first kappa shape index (κ1) is 13.6. The Morgan fingerprint density at radius 1 is 1.09 bits per heavy atom. The van der Waals surface area contributed by atoms with E-state index in [1.807, 2.05) is 19.3 Å². The maximum Gasteiger partial charge on any atom is 0.125 e. The van der Waals surface area contributed by atoms with Crippen molar-refractivity contribution in [3.05, 3.63) is 65.8 Å². The third kappa shape index (κ3) is 2.57. The number of hydrogen-bond acceptors (Lipinski definition) is 3. The molecule has 1 aromatic heterocycles. The number of aryl methyl sites for hydroxylation is 1. The van der Waals surface area contributed by atoms with Crippen molar-refractivity contribution in [3.63, 3.8) is 0 Å². The van der Waals surface area contributed by atoms with Gasteiger partial charge in [-0.15, -0.1) is 0 Å². The van der Waals surface area contributed by atoms with Gasteiger partial charge in [0.15, 0.2) is 0 Å². The molecule has 2 bridgehead atoms. The summed E-state index contributed by atoms with van der Waals surface area (Å²) >= 11 is 0. The Kier molecular flexibility index (Phi) is 3.51. The smallest absolute Gasteiger partial charge is 0.125 e. The Bertz CT molecular complexity index is 676. The van der Waals surface area contributed by atoms with Gasteiger partial charge < -0.3 is 0 Å². The van der Waals surface area contributed by atoms with Gasteiger partial charge in [0.2, 0.25) is 0 Å². The summed E-state index contributed by atoms with van der Waals surface area (Å²) in [6, 6.07) is 12.0. The van der Waals surface area contributed by atoms with Gasteiger partial charge in [0.25, 0.3) is 0 Å². The standard InChI is InChI=1S/C19H21N3/c1-14-20-11-17(12-21-14)16-9-18-7-8-19(10-16)22(18)13-15-5-3-2-4-6-15/h2-6,9,11-12,18-19H,7-8,10,13H2,1H3. The molecule has 3 nitrogen and oxygen atoms in total. The van der Waals surface area contributed by atoms with Crippen LogP contribution in [0.4, 0.5) is 0 Å². The molecule has 3 heterocycles. The molecular weight excluding hydrogens is 270 g/mol. The van der Waals surface area contributed by atoms with E-state index in [0.29, 0.717) is 12.1 Å². The fraction of sp³-hybridized carbons (Fsp3) is 0.368. The van der Waals surface area contributed by atoms with Crippen molar-refractivity contribution >= 4 is 5.57 Å². The van der Waals surface area contributed by atoms with Crippen molar-refractivity contribution in [2.45, 2.75) is 44.8 Å². The zero-order chi connectivity index (χ0) is 14.9. The molecule has 3 heteroatoms. The minimum absolute atomic E-state index is 0.565. The highest BCUT2D eigenvalue weighted by molar-refractivity contribution is 5.67. The maximum absolute atomic E-state index is 4.35. The van der Waals surface area contributed by atoms with Crippen molar-refractivity contribution < 1.29 is 0 Å². The summed E-state index contributed by atoms with van der Waals surface area (Å²) in [6.45, 7) is 2.99. The van der Waals surface area contributed by atoms with Gasteiger partial charge in [-0.25, -0.2) is 9.97 Å². The second kappa shape index (κ2) is 5.65. The molecule has 0 aliphatic carbocycles. The van der Waals surface area contributed by atoms with E-state index < -0.39 is 0 Å². The third-order valence-electron chi connectivity index (χ3n) is 4.90. The number of benzene rings is 1. The summed E-state index contributed by atoms with van der Waals surface area (Å²) in [5.41, 5.74) is 4.04. The molecule has 0 radical (unpaired) electrons. The predicted molar refractivity (Wildman–Crippen MR) is 88.2 cm³/mol. The first-order valence-corrected chi connectivity index (χ1v) is 8.09. The van der Waals surface area contributed by atoms with Crippen molar-refractivity contribution in [2.24, 2.45) is 0 Å². The molecule has 2 aliphatic rings. The highest BCUT2D eigenvalue weighted by atomic mass is 15.2. The summed E-state index contributed by atoms with van der Waals surface area (Å²) in [7, 11) is 0. The van der Waals surface area contributed by atoms with Crippen LogP contribution in [0.5, 0.6) is 0 Å². The van der Waals surface area contributed by atoms with E-state index in [1.165, 1.54) is 29.5 Å². The lowest BCUT2D eigenvalue weighted by molar-refractivity contribution is 0.203. The van der Waals surface area contributed by atoms with E-state index in [-0.39, 0.29) is 0 Å². The molecule has 4 rings (SSSR count). The molecule has 0 spiro atoms. The fourth-order valence-electron chi connectivity index (χ4n) is 3.73. The SMILES string of the molecule is Cc1ncc(C2=CC3CCC(C2)N3Cc2ccccc2)cn1. The molecule has 0 amide bonds. The molecule has 1 aromatic carbocycles. The van der Waals surface area contributed by atoms with Crippen LogP contribution in [0.25, 0.3) is 5.57 Å². The minimum atomic E-state index is 0.565. The van der Waals surface area contributed by atoms with Crippen molar-refractivity contribution in [1.29, 1.82) is 0 Å². The van der Waals surface area contributed by atoms with E-state index in [1.54, 1.807) is 0 Å². The first-order valence-electron chi connectivity index (χ1n) is 8.09. The third-order valence-corrected chi connectivity index (χ3v) is 4.90. The highest BCUT2D eigenvalue weighted by Gasteiger charge is 2.36. The average Bonchev–Trinajstić information content (AvgIpc) is 2.79. The van der Waals surface area contributed by atoms with Gasteiger partial charge in [-0.1, -0.05) is 36.4 Å². The van der Waals surface area contributed by atoms with Gasteiger partial charge in [0.1, 0.15) is 5.82 Å². The Labute approximate surface area is 131 Å². The van der Waals surface area contributed by atoms with Crippen molar-refractivity contribution in [2.75, 3.05) is 0 Å². The molecular formula is C19H21N3. The summed E-state index contributed by atoms with van der Waals surface area (Å²) in [6.07, 6.45) is 10.1. The van der Waals surface area contributed by atoms with Crippen LogP contribution >= 0.6 is 0 Å². The Balaban J connectivity index is 1.56. The molecule has 0 N–H and O–H groups in total. The van der Waals surface area contributed by atoms with E-state index in [0.717, 1.165) is 18.8 Å². The summed E-state index contributed by atoms with van der Waals surface area (Å²) in [5, 5.41) is 0. The van der Waals surface area contributed by atoms with E-state index in [9.17, 15) is 0 Å². The fourth-order valence-corrected chi connectivity index (χ4v) is 3.73. The molecule has 2 unspecified atom stereocenters. The van der Waals surface area contributed by atoms with Crippen molar-refractivity contribution in [1.82, 2.24) is 14.9 Å². The largest absolute Gasteiger partial charge is 0.289 e. The lowest BCUT2D eigenvalue weighted by atomic mass is 9.96. The number of rotatable bonds is 3. The first-order chi connectivity index (χ1) is 10.8. The number of nitrogens with zero attached hydrogens (tertiary/aromatic N) is 3. The van der Waals surface area contributed by atoms with E-state index in [2.05, 4.69) is 51.3 Å². The molecule has 22 heavy (non-hydrogen) atoms. The van der Waals surface area contributed by atoms with Gasteiger partial charge in [0.05, 0.1) is 0 Å². The quantitative estimate of drug-likeness (QED) is 0.865. The minimum Gasteiger partial charge on any atom is -0.289 e. The maximum atomic E-state index is 4.35. The summed E-state index contributed by atoms with van der Waals surface area (Å²) in [4.78, 5) is 11.4. The van der Waals surface area contributed by atoms with Crippen LogP contribution in [-0.2, 0) is 6.54 Å². The van der Waals surface area contributed by atoms with Crippen molar-refractivity contribution in [3.8, 4) is 0 Å². The second-order valence-electron chi connectivity index (χ2n) is 6.37. The van der Waals surface area contributed by atoms with Crippen LogP contribution in [0, 0.1) is 6.92 Å². The van der Waals surface area contributed by atoms with Crippen LogP contribution < -0.4 is 0 Å². The normalized spacial score (nSPS) is 24.3. The zero-order valence-electron chi connectivity index (χ0n) is 12.9. The number of hydrogen-bond donors (Lipinski definition) is 0. The predicted octanol–water partition coefficient (Wildman–Crippen LogP) is 3.61. The van der Waals surface area contributed by atoms with Crippen LogP contribution in [0.3, 0.4) is 0 Å². The molecule has 2 atom stereocenters. The Morgan fingerprint density at radius 2 is 1.86 bits per heavy atom. The number of aromatic nitrogens is 2. The topological polar surface area (TPSA) is 29.0 Å². The molecule has 1 fully saturated rings. The average molecular weight is 291 g/mol. The molecule has 1 saturated heterocycles. The van der Waals surface area contributed by atoms with Gasteiger partial charge in [-0.3, -0.25) is 4.90 Å².